The van der Waals surface area contributed by atoms with E-state index in [4.69, 9.17) is 0 Å². The van der Waals surface area contributed by atoms with E-state index in [-0.39, 0.29) is 35.6 Å². The molecule has 32 heavy (non-hydrogen) atoms. The molecule has 0 fully saturated rings. The second kappa shape index (κ2) is 11.6. The molecule has 0 aromatic heterocycles. The molecule has 2 aliphatic rings. The van der Waals surface area contributed by atoms with Gasteiger partial charge >= 0.3 is 192 Å². The van der Waals surface area contributed by atoms with E-state index >= 15 is 0 Å². The van der Waals surface area contributed by atoms with Crippen molar-refractivity contribution < 1.29 is 17.4 Å². The SMILES string of the molecule is CCCCC1C=C(C(C)(C)C)C=[C]1[Zr]([CH3])([CH3])(=[SiH2])[C]1=CC(C(C)(C)C)=CC1CCCC.Cl.Cl. The van der Waals surface area contributed by atoms with Gasteiger partial charge in [-0.2, -0.15) is 0 Å². The molecular formula is C28H52Cl2SiZr. The molecule has 2 rings (SSSR count). The van der Waals surface area contributed by atoms with Crippen molar-refractivity contribution in [2.75, 3.05) is 0 Å². The van der Waals surface area contributed by atoms with Crippen LogP contribution in [0.1, 0.15) is 93.9 Å². The fraction of sp³-hybridized carbons (Fsp3) is 0.714. The van der Waals surface area contributed by atoms with Crippen LogP contribution in [-0.4, -0.2) is 6.88 Å². The molecule has 4 heteroatoms. The Bertz CT molecular complexity index is 774. The van der Waals surface area contributed by atoms with Gasteiger partial charge in [0.05, 0.1) is 0 Å². The molecule has 186 valence electrons. The largest absolute Gasteiger partial charge is 0.147 e. The van der Waals surface area contributed by atoms with Gasteiger partial charge in [-0.3, -0.25) is 0 Å². The fourth-order valence-corrected chi connectivity index (χ4v) is 20.5. The Hall–Kier alpha value is 0.640. The van der Waals surface area contributed by atoms with E-state index in [1.54, 1.807) is 11.1 Å². The van der Waals surface area contributed by atoms with E-state index in [1.807, 2.05) is 6.56 Å². The van der Waals surface area contributed by atoms with Crippen molar-refractivity contribution >= 4 is 31.7 Å². The molecule has 2 unspecified atom stereocenters. The van der Waals surface area contributed by atoms with Crippen molar-refractivity contribution in [3.05, 3.63) is 42.0 Å². The summed E-state index contributed by atoms with van der Waals surface area (Å²) in [5.41, 5.74) is 3.66. The molecule has 0 N–H and O–H groups in total. The number of rotatable bonds is 8. The number of unbranched alkanes of at least 4 members (excludes halogenated alkanes) is 2. The zero-order valence-corrected chi connectivity index (χ0v) is 28.2. The van der Waals surface area contributed by atoms with Crippen LogP contribution in [0.15, 0.2) is 42.0 Å². The molecule has 0 bridgehead atoms. The minimum atomic E-state index is -3.26. The summed E-state index contributed by atoms with van der Waals surface area (Å²) < 4.78 is 9.22. The van der Waals surface area contributed by atoms with E-state index in [2.05, 4.69) is 95.8 Å². The Morgan fingerprint density at radius 2 is 1.03 bits per heavy atom. The minimum absolute atomic E-state index is 0. The fourth-order valence-electron chi connectivity index (χ4n) is 5.34. The summed E-state index contributed by atoms with van der Waals surface area (Å²) in [5.74, 6) is 1.34. The van der Waals surface area contributed by atoms with Crippen molar-refractivity contribution in [2.45, 2.75) is 103 Å². The molecule has 0 saturated heterocycles. The topological polar surface area (TPSA) is 0 Å². The van der Waals surface area contributed by atoms with Gasteiger partial charge in [-0.15, -0.1) is 24.8 Å². The van der Waals surface area contributed by atoms with E-state index in [0.717, 1.165) is 0 Å². The first-order valence-electron chi connectivity index (χ1n) is 12.6. The summed E-state index contributed by atoms with van der Waals surface area (Å²) in [5, 5.41) is 0. The molecule has 2 aliphatic carbocycles. The van der Waals surface area contributed by atoms with Crippen LogP contribution >= 0.6 is 24.8 Å². The van der Waals surface area contributed by atoms with Crippen molar-refractivity contribution in [1.29, 1.82) is 0 Å². The molecule has 0 aromatic rings. The van der Waals surface area contributed by atoms with Crippen molar-refractivity contribution in [3.63, 3.8) is 0 Å². The second-order valence-electron chi connectivity index (χ2n) is 13.1. The molecule has 0 spiro atoms. The van der Waals surface area contributed by atoms with Crippen molar-refractivity contribution in [3.8, 4) is 0 Å². The average Bonchev–Trinajstić information content (AvgIpc) is 3.22. The average molecular weight is 579 g/mol. The van der Waals surface area contributed by atoms with Crippen LogP contribution in [0, 0.1) is 22.7 Å². The van der Waals surface area contributed by atoms with Gasteiger partial charge in [0.15, 0.2) is 0 Å². The van der Waals surface area contributed by atoms with E-state index in [1.165, 1.54) is 38.5 Å². The summed E-state index contributed by atoms with van der Waals surface area (Å²) in [6.07, 6.45) is 18.6. The Morgan fingerprint density at radius 3 is 1.28 bits per heavy atom. The van der Waals surface area contributed by atoms with Crippen LogP contribution in [0.5, 0.6) is 0 Å². The molecule has 0 aliphatic heterocycles. The van der Waals surface area contributed by atoms with Crippen molar-refractivity contribution in [1.82, 2.24) is 0 Å². The van der Waals surface area contributed by atoms with Gasteiger partial charge in [-0.1, -0.05) is 0 Å². The smallest absolute Gasteiger partial charge is 0.147 e. The summed E-state index contributed by atoms with van der Waals surface area (Å²) in [6, 6.07) is 0. The molecule has 0 heterocycles. The number of hydrogen-bond acceptors (Lipinski definition) is 0. The molecule has 0 saturated carbocycles. The maximum atomic E-state index is 2.74. The number of halogens is 2. The first-order valence-corrected chi connectivity index (χ1v) is 25.9. The Morgan fingerprint density at radius 1 is 0.719 bits per heavy atom. The Balaban J connectivity index is 0.00000480. The normalized spacial score (nSPS) is 21.8. The van der Waals surface area contributed by atoms with E-state index in [0.29, 0.717) is 11.8 Å². The first-order chi connectivity index (χ1) is 13.6. The predicted octanol–water partition coefficient (Wildman–Crippen LogP) is 9.52. The van der Waals surface area contributed by atoms with Gasteiger partial charge < -0.3 is 0 Å². The van der Waals surface area contributed by atoms with Gasteiger partial charge in [-0.25, -0.2) is 0 Å². The zero-order valence-electron chi connectivity index (χ0n) is 22.7. The Kier molecular flexibility index (Phi) is 11.8. The van der Waals surface area contributed by atoms with Gasteiger partial charge in [0.2, 0.25) is 0 Å². The summed E-state index contributed by atoms with van der Waals surface area (Å²) >= 11 is -3.26. The summed E-state index contributed by atoms with van der Waals surface area (Å²) in [4.78, 5) is 0. The molecule has 2 atom stereocenters. The standard InChI is InChI=1S/2C13H21.2CH3.2ClH.H2Si.Zr/c2*1-5-6-7-11-8-9-12(10-11)13(2,3)4;;;;;;/h2*9-11H,5-7H2,1-4H3;2*1H3;2*1H;1H2;. The van der Waals surface area contributed by atoms with Crippen molar-refractivity contribution in [2.24, 2.45) is 22.7 Å². The quantitative estimate of drug-likeness (QED) is 0.252. The molecule has 0 amide bonds. The zero-order chi connectivity index (χ0) is 23.0. The van der Waals surface area contributed by atoms with Crippen LogP contribution in [0.3, 0.4) is 0 Å². The van der Waals surface area contributed by atoms with Gasteiger partial charge in [0, 0.05) is 0 Å². The van der Waals surface area contributed by atoms with Crippen LogP contribution in [-0.2, 0) is 17.4 Å². The predicted molar refractivity (Wildman–Crippen MR) is 152 cm³/mol. The van der Waals surface area contributed by atoms with Gasteiger partial charge in [-0.05, 0) is 0 Å². The third-order valence-electron chi connectivity index (χ3n) is 7.50. The monoisotopic (exact) mass is 576 g/mol. The van der Waals surface area contributed by atoms with Crippen LogP contribution < -0.4 is 0 Å². The number of allylic oxidation sites excluding steroid dienone is 8. The minimum Gasteiger partial charge on any atom is -0.147 e. The van der Waals surface area contributed by atoms with E-state index in [9.17, 15) is 0 Å². The van der Waals surface area contributed by atoms with Crippen LogP contribution in [0.2, 0.25) is 9.26 Å². The third-order valence-corrected chi connectivity index (χ3v) is 24.0. The third kappa shape index (κ3) is 7.32. The molecular weight excluding hydrogens is 527 g/mol. The molecule has 0 aromatic carbocycles. The molecule has 0 radical (unpaired) electrons. The molecule has 0 nitrogen and oxygen atoms in total. The first kappa shape index (κ1) is 32.6. The maximum absolute atomic E-state index is 3.26. The van der Waals surface area contributed by atoms with Gasteiger partial charge in [0.25, 0.3) is 0 Å². The summed E-state index contributed by atoms with van der Waals surface area (Å²) in [7, 11) is 0. The second-order valence-corrected chi connectivity index (χ2v) is 41.7. The number of hydrogen-bond donors (Lipinski definition) is 0. The van der Waals surface area contributed by atoms with E-state index < -0.39 is 17.4 Å². The summed E-state index contributed by atoms with van der Waals surface area (Å²) in [6.45, 7) is 21.5. The Labute approximate surface area is 215 Å². The maximum Gasteiger partial charge on any atom is -0.147 e. The van der Waals surface area contributed by atoms with Crippen LogP contribution in [0.4, 0.5) is 0 Å². The van der Waals surface area contributed by atoms with Gasteiger partial charge in [0.1, 0.15) is 0 Å². The van der Waals surface area contributed by atoms with Crippen LogP contribution in [0.25, 0.3) is 0 Å².